The highest BCUT2D eigenvalue weighted by atomic mass is 79.9. The van der Waals surface area contributed by atoms with Crippen LogP contribution in [-0.4, -0.2) is 17.1 Å². The Morgan fingerprint density at radius 1 is 1.29 bits per heavy atom. The Kier molecular flexibility index (Phi) is 4.59. The van der Waals surface area contributed by atoms with Crippen molar-refractivity contribution in [3.8, 4) is 0 Å². The lowest BCUT2D eigenvalue weighted by Gasteiger charge is -2.07. The first-order chi connectivity index (χ1) is 9.95. The van der Waals surface area contributed by atoms with E-state index in [1.165, 1.54) is 30.3 Å². The number of halogens is 2. The van der Waals surface area contributed by atoms with Gasteiger partial charge in [0, 0.05) is 4.47 Å². The van der Waals surface area contributed by atoms with Gasteiger partial charge in [0.05, 0.1) is 12.2 Å². The summed E-state index contributed by atoms with van der Waals surface area (Å²) >= 11 is 3.17. The van der Waals surface area contributed by atoms with Gasteiger partial charge < -0.3 is 20.2 Å². The molecule has 0 bridgehead atoms. The minimum absolute atomic E-state index is 0.0191. The molecule has 8 heteroatoms. The number of carboxylic acid groups (broad SMARTS) is 1. The Morgan fingerprint density at radius 2 is 2.05 bits per heavy atom. The molecule has 2 aromatic rings. The number of rotatable bonds is 4. The second-order valence-corrected chi connectivity index (χ2v) is 4.92. The third-order valence-corrected chi connectivity index (χ3v) is 2.97. The second kappa shape index (κ2) is 6.40. The van der Waals surface area contributed by atoms with Crippen LogP contribution in [0.15, 0.2) is 39.2 Å². The minimum Gasteiger partial charge on any atom is -0.475 e. The van der Waals surface area contributed by atoms with Crippen molar-refractivity contribution in [3.63, 3.8) is 0 Å². The van der Waals surface area contributed by atoms with Gasteiger partial charge in [0.2, 0.25) is 5.76 Å². The van der Waals surface area contributed by atoms with Crippen LogP contribution in [0.2, 0.25) is 0 Å². The molecule has 0 saturated carbocycles. The summed E-state index contributed by atoms with van der Waals surface area (Å²) < 4.78 is 19.0. The molecule has 0 aliphatic rings. The Hall–Kier alpha value is -2.35. The molecule has 0 unspecified atom stereocenters. The molecule has 2 rings (SSSR count). The standard InChI is InChI=1S/C13H10BrFN2O4/c14-7-1-3-9(15)10(5-7)17-13(20)16-6-8-2-4-11(21-8)12(18)19/h1-5H,6H2,(H,18,19)(H2,16,17,20). The predicted octanol–water partition coefficient (Wildman–Crippen LogP) is 3.20. The summed E-state index contributed by atoms with van der Waals surface area (Å²) in [5, 5.41) is 13.5. The van der Waals surface area contributed by atoms with E-state index in [9.17, 15) is 14.0 Å². The first-order valence-electron chi connectivity index (χ1n) is 5.77. The summed E-state index contributed by atoms with van der Waals surface area (Å²) in [6, 6.07) is 6.22. The fourth-order valence-corrected chi connectivity index (χ4v) is 1.88. The van der Waals surface area contributed by atoms with Crippen molar-refractivity contribution in [2.75, 3.05) is 5.32 Å². The third kappa shape index (κ3) is 4.06. The third-order valence-electron chi connectivity index (χ3n) is 2.47. The smallest absolute Gasteiger partial charge is 0.371 e. The zero-order valence-corrected chi connectivity index (χ0v) is 12.1. The molecule has 0 aliphatic heterocycles. The summed E-state index contributed by atoms with van der Waals surface area (Å²) in [6.07, 6.45) is 0. The normalized spacial score (nSPS) is 10.2. The maximum Gasteiger partial charge on any atom is 0.371 e. The molecule has 0 radical (unpaired) electrons. The number of amides is 2. The van der Waals surface area contributed by atoms with Crippen molar-refractivity contribution >= 4 is 33.6 Å². The van der Waals surface area contributed by atoms with Crippen molar-refractivity contribution in [1.82, 2.24) is 5.32 Å². The molecule has 0 aliphatic carbocycles. The van der Waals surface area contributed by atoms with Gasteiger partial charge in [-0.2, -0.15) is 0 Å². The predicted molar refractivity (Wildman–Crippen MR) is 75.6 cm³/mol. The molecule has 6 nitrogen and oxygen atoms in total. The first-order valence-corrected chi connectivity index (χ1v) is 6.57. The molecule has 2 amide bonds. The van der Waals surface area contributed by atoms with E-state index in [1.54, 1.807) is 0 Å². The van der Waals surface area contributed by atoms with Crippen LogP contribution in [-0.2, 0) is 6.54 Å². The number of benzene rings is 1. The molecular formula is C13H10BrFN2O4. The van der Waals surface area contributed by atoms with Gasteiger partial charge in [-0.1, -0.05) is 15.9 Å². The van der Waals surface area contributed by atoms with Gasteiger partial charge in [-0.05, 0) is 30.3 Å². The van der Waals surface area contributed by atoms with E-state index >= 15 is 0 Å². The van der Waals surface area contributed by atoms with Crippen molar-refractivity contribution in [1.29, 1.82) is 0 Å². The maximum absolute atomic E-state index is 13.4. The highest BCUT2D eigenvalue weighted by Crippen LogP contribution is 2.19. The van der Waals surface area contributed by atoms with E-state index in [4.69, 9.17) is 9.52 Å². The van der Waals surface area contributed by atoms with Crippen LogP contribution < -0.4 is 10.6 Å². The SMILES string of the molecule is O=C(NCc1ccc(C(=O)O)o1)Nc1cc(Br)ccc1F. The fraction of sp³-hybridized carbons (Fsp3) is 0.0769. The molecule has 110 valence electrons. The summed E-state index contributed by atoms with van der Waals surface area (Å²) in [4.78, 5) is 22.3. The number of hydrogen-bond acceptors (Lipinski definition) is 3. The van der Waals surface area contributed by atoms with E-state index in [0.717, 1.165) is 0 Å². The maximum atomic E-state index is 13.4. The number of carbonyl (C=O) groups is 2. The summed E-state index contributed by atoms with van der Waals surface area (Å²) in [6.45, 7) is -0.0191. The van der Waals surface area contributed by atoms with Gasteiger partial charge in [0.15, 0.2) is 0 Å². The number of furan rings is 1. The van der Waals surface area contributed by atoms with E-state index in [2.05, 4.69) is 26.6 Å². The molecule has 1 aromatic heterocycles. The van der Waals surface area contributed by atoms with E-state index in [-0.39, 0.29) is 23.8 Å². The minimum atomic E-state index is -1.19. The zero-order chi connectivity index (χ0) is 15.4. The van der Waals surface area contributed by atoms with Gasteiger partial charge in [-0.25, -0.2) is 14.0 Å². The van der Waals surface area contributed by atoms with Crippen LogP contribution in [0.4, 0.5) is 14.9 Å². The summed E-state index contributed by atoms with van der Waals surface area (Å²) in [7, 11) is 0. The molecular weight excluding hydrogens is 347 g/mol. The van der Waals surface area contributed by atoms with Gasteiger partial charge in [-0.15, -0.1) is 0 Å². The Labute approximate surface area is 127 Å². The van der Waals surface area contributed by atoms with Crippen molar-refractivity contribution in [2.45, 2.75) is 6.54 Å². The van der Waals surface area contributed by atoms with Crippen LogP contribution in [0.3, 0.4) is 0 Å². The monoisotopic (exact) mass is 356 g/mol. The van der Waals surface area contributed by atoms with Gasteiger partial charge >= 0.3 is 12.0 Å². The van der Waals surface area contributed by atoms with Crippen molar-refractivity contribution in [3.05, 3.63) is 52.1 Å². The van der Waals surface area contributed by atoms with Crippen LogP contribution in [0.25, 0.3) is 0 Å². The van der Waals surface area contributed by atoms with E-state index in [0.29, 0.717) is 4.47 Å². The number of hydrogen-bond donors (Lipinski definition) is 3. The molecule has 0 fully saturated rings. The lowest BCUT2D eigenvalue weighted by molar-refractivity contribution is 0.0660. The van der Waals surface area contributed by atoms with E-state index < -0.39 is 17.8 Å². The van der Waals surface area contributed by atoms with Gasteiger partial charge in [0.1, 0.15) is 11.6 Å². The Balaban J connectivity index is 1.92. The zero-order valence-electron chi connectivity index (χ0n) is 10.5. The highest BCUT2D eigenvalue weighted by molar-refractivity contribution is 9.10. The van der Waals surface area contributed by atoms with Crippen molar-refractivity contribution in [2.24, 2.45) is 0 Å². The summed E-state index contributed by atoms with van der Waals surface area (Å²) in [5.74, 6) is -1.70. The topological polar surface area (TPSA) is 91.6 Å². The molecule has 0 spiro atoms. The number of aromatic carboxylic acids is 1. The van der Waals surface area contributed by atoms with Crippen LogP contribution in [0.5, 0.6) is 0 Å². The second-order valence-electron chi connectivity index (χ2n) is 4.00. The Morgan fingerprint density at radius 3 is 2.71 bits per heavy atom. The number of urea groups is 1. The molecule has 1 heterocycles. The van der Waals surface area contributed by atoms with Gasteiger partial charge in [-0.3, -0.25) is 0 Å². The van der Waals surface area contributed by atoms with Gasteiger partial charge in [0.25, 0.3) is 0 Å². The largest absolute Gasteiger partial charge is 0.475 e. The molecule has 0 atom stereocenters. The molecule has 0 saturated heterocycles. The average molecular weight is 357 g/mol. The molecule has 1 aromatic carbocycles. The Bertz CT molecular complexity index is 687. The fourth-order valence-electron chi connectivity index (χ4n) is 1.52. The lowest BCUT2D eigenvalue weighted by Crippen LogP contribution is -2.28. The number of anilines is 1. The van der Waals surface area contributed by atoms with E-state index in [1.807, 2.05) is 0 Å². The lowest BCUT2D eigenvalue weighted by atomic mass is 10.3. The quantitative estimate of drug-likeness (QED) is 0.784. The molecule has 21 heavy (non-hydrogen) atoms. The number of carbonyl (C=O) groups excluding carboxylic acids is 1. The summed E-state index contributed by atoms with van der Waals surface area (Å²) in [5.41, 5.74) is 0.0209. The van der Waals surface area contributed by atoms with Crippen molar-refractivity contribution < 1.29 is 23.5 Å². The van der Waals surface area contributed by atoms with Crippen LogP contribution in [0.1, 0.15) is 16.3 Å². The average Bonchev–Trinajstić information content (AvgIpc) is 2.90. The first kappa shape index (κ1) is 15.0. The number of nitrogens with one attached hydrogen (secondary N) is 2. The number of carboxylic acids is 1. The molecule has 3 N–H and O–H groups in total. The van der Waals surface area contributed by atoms with Crippen LogP contribution in [0, 0.1) is 5.82 Å². The highest BCUT2D eigenvalue weighted by Gasteiger charge is 2.11. The van der Waals surface area contributed by atoms with Crippen LogP contribution >= 0.6 is 15.9 Å².